The van der Waals surface area contributed by atoms with Gasteiger partial charge in [0.15, 0.2) is 0 Å². The maximum absolute atomic E-state index is 12.9. The third kappa shape index (κ3) is 3.91. The highest BCUT2D eigenvalue weighted by atomic mass is 16.5. The molecule has 0 unspecified atom stereocenters. The molecule has 1 amide bonds. The average Bonchev–Trinajstić information content (AvgIpc) is 3.14. The Balaban J connectivity index is 1.57. The summed E-state index contributed by atoms with van der Waals surface area (Å²) in [5.74, 6) is 0.736. The number of amides is 1. The molecule has 3 aromatic rings. The van der Waals surface area contributed by atoms with E-state index in [-0.39, 0.29) is 12.0 Å². The van der Waals surface area contributed by atoms with Crippen LogP contribution in [-0.4, -0.2) is 45.6 Å². The zero-order chi connectivity index (χ0) is 20.4. The first-order chi connectivity index (χ1) is 14.1. The molecule has 150 valence electrons. The molecule has 0 spiro atoms. The van der Waals surface area contributed by atoms with E-state index in [2.05, 4.69) is 10.1 Å². The SMILES string of the molecule is CCc1onc(C)c1-c1cccc([C@H]2CN(C(=O)c3cccc(C)n3)CCO2)n1. The van der Waals surface area contributed by atoms with Crippen LogP contribution in [-0.2, 0) is 11.2 Å². The Bertz CT molecular complexity index is 1030. The standard InChI is InChI=1S/C22H24N4O3/c1-4-19-21(15(3)25-29-19)17-9-6-8-16(24-17)20-13-26(11-12-28-20)22(27)18-10-5-7-14(2)23-18/h5-10,20H,4,11-13H2,1-3H3/t20-/m1/s1. The minimum Gasteiger partial charge on any atom is -0.368 e. The van der Waals surface area contributed by atoms with Crippen LogP contribution in [0.25, 0.3) is 11.3 Å². The fraction of sp³-hybridized carbons (Fsp3) is 0.364. The lowest BCUT2D eigenvalue weighted by atomic mass is 10.1. The number of aromatic nitrogens is 3. The highest BCUT2D eigenvalue weighted by Crippen LogP contribution is 2.29. The molecule has 0 bridgehead atoms. The molecule has 1 aliphatic rings. The van der Waals surface area contributed by atoms with Crippen molar-refractivity contribution >= 4 is 5.91 Å². The quantitative estimate of drug-likeness (QED) is 0.676. The van der Waals surface area contributed by atoms with Crippen LogP contribution in [0.5, 0.6) is 0 Å². The van der Waals surface area contributed by atoms with E-state index in [1.54, 1.807) is 11.0 Å². The van der Waals surface area contributed by atoms with Gasteiger partial charge in [-0.15, -0.1) is 0 Å². The monoisotopic (exact) mass is 392 g/mol. The second-order valence-corrected chi connectivity index (χ2v) is 7.14. The molecule has 0 radical (unpaired) electrons. The minimum absolute atomic E-state index is 0.0821. The van der Waals surface area contributed by atoms with Gasteiger partial charge in [0.05, 0.1) is 35.8 Å². The van der Waals surface area contributed by atoms with Crippen molar-refractivity contribution in [2.45, 2.75) is 33.3 Å². The second-order valence-electron chi connectivity index (χ2n) is 7.14. The van der Waals surface area contributed by atoms with Gasteiger partial charge in [0.1, 0.15) is 17.6 Å². The molecule has 4 heterocycles. The van der Waals surface area contributed by atoms with Gasteiger partial charge < -0.3 is 14.2 Å². The van der Waals surface area contributed by atoms with Gasteiger partial charge in [-0.25, -0.2) is 9.97 Å². The third-order valence-electron chi connectivity index (χ3n) is 5.07. The van der Waals surface area contributed by atoms with Crippen molar-refractivity contribution in [1.82, 2.24) is 20.0 Å². The van der Waals surface area contributed by atoms with E-state index in [1.165, 1.54) is 0 Å². The maximum atomic E-state index is 12.9. The Morgan fingerprint density at radius 2 is 2.00 bits per heavy atom. The molecule has 1 saturated heterocycles. The van der Waals surface area contributed by atoms with E-state index in [0.29, 0.717) is 25.4 Å². The molecule has 7 nitrogen and oxygen atoms in total. The Kier molecular flexibility index (Phi) is 5.40. The van der Waals surface area contributed by atoms with Gasteiger partial charge >= 0.3 is 0 Å². The summed E-state index contributed by atoms with van der Waals surface area (Å²) in [6.45, 7) is 7.26. The number of carbonyl (C=O) groups excluding carboxylic acids is 1. The van der Waals surface area contributed by atoms with Gasteiger partial charge in [-0.1, -0.05) is 24.2 Å². The Morgan fingerprint density at radius 3 is 2.79 bits per heavy atom. The van der Waals surface area contributed by atoms with Crippen LogP contribution in [0.3, 0.4) is 0 Å². The number of hydrogen-bond acceptors (Lipinski definition) is 6. The van der Waals surface area contributed by atoms with Gasteiger partial charge in [-0.3, -0.25) is 4.79 Å². The predicted octanol–water partition coefficient (Wildman–Crippen LogP) is 3.52. The minimum atomic E-state index is -0.289. The number of ether oxygens (including phenoxy) is 1. The van der Waals surface area contributed by atoms with Crippen LogP contribution in [0, 0.1) is 13.8 Å². The normalized spacial score (nSPS) is 16.8. The van der Waals surface area contributed by atoms with Crippen LogP contribution in [0.1, 0.15) is 46.4 Å². The fourth-order valence-corrected chi connectivity index (χ4v) is 3.59. The number of pyridine rings is 2. The van der Waals surface area contributed by atoms with E-state index in [4.69, 9.17) is 14.2 Å². The second kappa shape index (κ2) is 8.13. The number of nitrogens with zero attached hydrogens (tertiary/aromatic N) is 4. The molecule has 4 rings (SSSR count). The molecule has 7 heteroatoms. The van der Waals surface area contributed by atoms with Crippen molar-refractivity contribution in [2.75, 3.05) is 19.7 Å². The van der Waals surface area contributed by atoms with Crippen molar-refractivity contribution in [3.8, 4) is 11.3 Å². The number of aryl methyl sites for hydroxylation is 3. The van der Waals surface area contributed by atoms with E-state index in [0.717, 1.165) is 40.5 Å². The van der Waals surface area contributed by atoms with Crippen molar-refractivity contribution in [3.63, 3.8) is 0 Å². The highest BCUT2D eigenvalue weighted by Gasteiger charge is 2.28. The molecular formula is C22H24N4O3. The molecule has 29 heavy (non-hydrogen) atoms. The van der Waals surface area contributed by atoms with Crippen LogP contribution in [0.4, 0.5) is 0 Å². The third-order valence-corrected chi connectivity index (χ3v) is 5.07. The summed E-state index contributed by atoms with van der Waals surface area (Å²) >= 11 is 0. The van der Waals surface area contributed by atoms with Gasteiger partial charge in [0.25, 0.3) is 5.91 Å². The first-order valence-electron chi connectivity index (χ1n) is 9.83. The molecule has 1 aliphatic heterocycles. The van der Waals surface area contributed by atoms with Crippen LogP contribution < -0.4 is 0 Å². The number of morpholine rings is 1. The summed E-state index contributed by atoms with van der Waals surface area (Å²) < 4.78 is 11.4. The largest absolute Gasteiger partial charge is 0.368 e. The molecular weight excluding hydrogens is 368 g/mol. The molecule has 1 atom stereocenters. The van der Waals surface area contributed by atoms with Crippen molar-refractivity contribution in [2.24, 2.45) is 0 Å². The Labute approximate surface area is 169 Å². The fourth-order valence-electron chi connectivity index (χ4n) is 3.59. The molecule has 0 saturated carbocycles. The summed E-state index contributed by atoms with van der Waals surface area (Å²) in [6.07, 6.45) is 0.455. The van der Waals surface area contributed by atoms with Gasteiger partial charge in [0, 0.05) is 18.7 Å². The molecule has 3 aromatic heterocycles. The summed E-state index contributed by atoms with van der Waals surface area (Å²) in [6, 6.07) is 11.3. The Hall–Kier alpha value is -3.06. The van der Waals surface area contributed by atoms with Gasteiger partial charge in [-0.2, -0.15) is 0 Å². The lowest BCUT2D eigenvalue weighted by molar-refractivity contribution is -0.0248. The molecule has 0 aromatic carbocycles. The summed E-state index contributed by atoms with van der Waals surface area (Å²) in [5, 5.41) is 4.08. The molecule has 0 aliphatic carbocycles. The number of rotatable bonds is 4. The first-order valence-corrected chi connectivity index (χ1v) is 9.83. The summed E-state index contributed by atoms with van der Waals surface area (Å²) in [7, 11) is 0. The molecule has 1 fully saturated rings. The van der Waals surface area contributed by atoms with Crippen LogP contribution >= 0.6 is 0 Å². The topological polar surface area (TPSA) is 81.4 Å². The van der Waals surface area contributed by atoms with Crippen molar-refractivity contribution < 1.29 is 14.1 Å². The van der Waals surface area contributed by atoms with Gasteiger partial charge in [-0.05, 0) is 38.1 Å². The number of hydrogen-bond donors (Lipinski definition) is 0. The van der Waals surface area contributed by atoms with Crippen LogP contribution in [0.15, 0.2) is 40.9 Å². The van der Waals surface area contributed by atoms with Crippen molar-refractivity contribution in [3.05, 3.63) is 64.9 Å². The zero-order valence-corrected chi connectivity index (χ0v) is 16.9. The lowest BCUT2D eigenvalue weighted by Gasteiger charge is -2.32. The van der Waals surface area contributed by atoms with E-state index in [1.807, 2.05) is 51.1 Å². The number of carbonyl (C=O) groups is 1. The zero-order valence-electron chi connectivity index (χ0n) is 16.9. The smallest absolute Gasteiger partial charge is 0.272 e. The molecule has 0 N–H and O–H groups in total. The lowest BCUT2D eigenvalue weighted by Crippen LogP contribution is -2.42. The maximum Gasteiger partial charge on any atom is 0.272 e. The van der Waals surface area contributed by atoms with Crippen LogP contribution in [0.2, 0.25) is 0 Å². The van der Waals surface area contributed by atoms with Crippen molar-refractivity contribution in [1.29, 1.82) is 0 Å². The van der Waals surface area contributed by atoms with E-state index >= 15 is 0 Å². The average molecular weight is 392 g/mol. The van der Waals surface area contributed by atoms with Gasteiger partial charge in [0.2, 0.25) is 0 Å². The summed E-state index contributed by atoms with van der Waals surface area (Å²) in [5.41, 5.74) is 4.64. The highest BCUT2D eigenvalue weighted by molar-refractivity contribution is 5.92. The van der Waals surface area contributed by atoms with E-state index < -0.39 is 0 Å². The first kappa shape index (κ1) is 19.3. The summed E-state index contributed by atoms with van der Waals surface area (Å²) in [4.78, 5) is 23.8. The van der Waals surface area contributed by atoms with E-state index in [9.17, 15) is 4.79 Å². The predicted molar refractivity (Wildman–Crippen MR) is 107 cm³/mol. The Morgan fingerprint density at radius 1 is 1.17 bits per heavy atom.